The van der Waals surface area contributed by atoms with Gasteiger partial charge in [-0.15, -0.1) is 0 Å². The molecule has 2 unspecified atom stereocenters. The van der Waals surface area contributed by atoms with E-state index >= 15 is 0 Å². The Morgan fingerprint density at radius 2 is 1.75 bits per heavy atom. The first-order valence-electron chi connectivity index (χ1n) is 11.0. The number of cyclic esters (lactones) is 1. The molecule has 32 heavy (non-hydrogen) atoms. The summed E-state index contributed by atoms with van der Waals surface area (Å²) < 4.78 is 29.2. The molecule has 2 saturated heterocycles. The molecule has 2 atom stereocenters. The topological polar surface area (TPSA) is 84.0 Å². The smallest absolute Gasteiger partial charge is 0.339 e. The molecule has 0 radical (unpaired) electrons. The van der Waals surface area contributed by atoms with Crippen LogP contribution in [-0.4, -0.2) is 73.8 Å². The van der Waals surface area contributed by atoms with Crippen LogP contribution in [0.3, 0.4) is 0 Å². The predicted molar refractivity (Wildman–Crippen MR) is 119 cm³/mol. The molecular weight excluding hydrogens is 428 g/mol. The first kappa shape index (κ1) is 21.2. The summed E-state index contributed by atoms with van der Waals surface area (Å²) in [4.78, 5) is 29.7. The standard InChI is InChI=1S/C24H26N2O5S/c27-23(26-11-9-25(10-12-26)20-8-13-32(29,30)16-20)18-6-7-21-19(14-18)15-22(31-24(21)28)17-4-2-1-3-5-17/h1-7,14,20,22H,8-13,15-16H2. The molecule has 7 nitrogen and oxygen atoms in total. The second-order valence-electron chi connectivity index (χ2n) is 8.77. The highest BCUT2D eigenvalue weighted by Gasteiger charge is 2.35. The Bertz CT molecular complexity index is 1140. The van der Waals surface area contributed by atoms with Crippen molar-refractivity contribution in [2.75, 3.05) is 37.7 Å². The van der Waals surface area contributed by atoms with Gasteiger partial charge in [0.25, 0.3) is 5.91 Å². The Balaban J connectivity index is 1.27. The van der Waals surface area contributed by atoms with Crippen molar-refractivity contribution in [3.63, 3.8) is 0 Å². The zero-order chi connectivity index (χ0) is 22.3. The lowest BCUT2D eigenvalue weighted by Crippen LogP contribution is -2.52. The van der Waals surface area contributed by atoms with Crippen molar-refractivity contribution in [2.45, 2.75) is 25.0 Å². The van der Waals surface area contributed by atoms with E-state index in [9.17, 15) is 18.0 Å². The van der Waals surface area contributed by atoms with Crippen molar-refractivity contribution < 1.29 is 22.7 Å². The zero-order valence-corrected chi connectivity index (χ0v) is 18.6. The molecule has 0 bridgehead atoms. The Morgan fingerprint density at radius 1 is 1.00 bits per heavy atom. The highest BCUT2D eigenvalue weighted by atomic mass is 32.2. The molecule has 3 aliphatic rings. The number of ether oxygens (including phenoxy) is 1. The fourth-order valence-corrected chi connectivity index (χ4v) is 6.68. The molecule has 0 aliphatic carbocycles. The second-order valence-corrected chi connectivity index (χ2v) is 11.0. The van der Waals surface area contributed by atoms with E-state index in [0.717, 1.165) is 11.1 Å². The Labute approximate surface area is 187 Å². The van der Waals surface area contributed by atoms with Crippen molar-refractivity contribution in [3.8, 4) is 0 Å². The summed E-state index contributed by atoms with van der Waals surface area (Å²) in [7, 11) is -2.92. The van der Waals surface area contributed by atoms with Gasteiger partial charge in [-0.1, -0.05) is 30.3 Å². The van der Waals surface area contributed by atoms with Gasteiger partial charge in [0, 0.05) is 44.2 Å². The molecule has 3 aliphatic heterocycles. The average Bonchev–Trinajstić information content (AvgIpc) is 3.18. The van der Waals surface area contributed by atoms with E-state index in [4.69, 9.17) is 4.74 Å². The number of sulfone groups is 1. The lowest BCUT2D eigenvalue weighted by Gasteiger charge is -2.37. The molecule has 168 valence electrons. The first-order chi connectivity index (χ1) is 15.4. The van der Waals surface area contributed by atoms with Crippen LogP contribution in [0, 0.1) is 0 Å². The first-order valence-corrected chi connectivity index (χ1v) is 12.8. The van der Waals surface area contributed by atoms with Gasteiger partial charge in [0.15, 0.2) is 9.84 Å². The van der Waals surface area contributed by atoms with Crippen LogP contribution < -0.4 is 0 Å². The summed E-state index contributed by atoms with van der Waals surface area (Å²) in [6, 6.07) is 14.9. The van der Waals surface area contributed by atoms with Crippen molar-refractivity contribution in [2.24, 2.45) is 0 Å². The van der Waals surface area contributed by atoms with Gasteiger partial charge in [0.05, 0.1) is 17.1 Å². The largest absolute Gasteiger partial charge is 0.454 e. The van der Waals surface area contributed by atoms with E-state index < -0.39 is 9.84 Å². The average molecular weight is 455 g/mol. The lowest BCUT2D eigenvalue weighted by atomic mass is 9.93. The van der Waals surface area contributed by atoms with E-state index in [-0.39, 0.29) is 35.5 Å². The molecule has 5 rings (SSSR count). The predicted octanol–water partition coefficient (Wildman–Crippen LogP) is 2.09. The molecule has 8 heteroatoms. The van der Waals surface area contributed by atoms with E-state index in [1.165, 1.54) is 0 Å². The summed E-state index contributed by atoms with van der Waals surface area (Å²) in [6.45, 7) is 2.50. The summed E-state index contributed by atoms with van der Waals surface area (Å²) in [5.41, 5.74) is 2.85. The Hall–Kier alpha value is -2.71. The van der Waals surface area contributed by atoms with Crippen LogP contribution in [0.2, 0.25) is 0 Å². The van der Waals surface area contributed by atoms with Crippen LogP contribution in [0.1, 0.15) is 44.4 Å². The molecular formula is C24H26N2O5S. The van der Waals surface area contributed by atoms with E-state index in [2.05, 4.69) is 4.90 Å². The van der Waals surface area contributed by atoms with Crippen molar-refractivity contribution in [1.29, 1.82) is 0 Å². The molecule has 2 aromatic rings. The highest BCUT2D eigenvalue weighted by Crippen LogP contribution is 2.31. The van der Waals surface area contributed by atoms with Gasteiger partial charge < -0.3 is 9.64 Å². The monoisotopic (exact) mass is 454 g/mol. The number of hydrogen-bond acceptors (Lipinski definition) is 6. The summed E-state index contributed by atoms with van der Waals surface area (Å²) >= 11 is 0. The Kier molecular flexibility index (Phi) is 5.51. The molecule has 0 aromatic heterocycles. The number of rotatable bonds is 3. The van der Waals surface area contributed by atoms with Gasteiger partial charge in [0.1, 0.15) is 6.10 Å². The lowest BCUT2D eigenvalue weighted by molar-refractivity contribution is 0.0252. The minimum atomic E-state index is -2.92. The number of esters is 1. The normalized spacial score (nSPS) is 25.2. The molecule has 3 heterocycles. The number of carbonyl (C=O) groups excluding carboxylic acids is 2. The van der Waals surface area contributed by atoms with Gasteiger partial charge in [0.2, 0.25) is 0 Å². The number of fused-ring (bicyclic) bond motifs is 1. The van der Waals surface area contributed by atoms with Crippen molar-refractivity contribution >= 4 is 21.7 Å². The highest BCUT2D eigenvalue weighted by molar-refractivity contribution is 7.91. The summed E-state index contributed by atoms with van der Waals surface area (Å²) in [5, 5.41) is 0. The van der Waals surface area contributed by atoms with Crippen molar-refractivity contribution in [3.05, 3.63) is 70.8 Å². The van der Waals surface area contributed by atoms with E-state index in [1.807, 2.05) is 41.3 Å². The zero-order valence-electron chi connectivity index (χ0n) is 17.8. The van der Waals surface area contributed by atoms with E-state index in [0.29, 0.717) is 50.1 Å². The maximum absolute atomic E-state index is 13.1. The van der Waals surface area contributed by atoms with Crippen LogP contribution in [0.25, 0.3) is 0 Å². The Morgan fingerprint density at radius 3 is 2.44 bits per heavy atom. The number of amides is 1. The number of carbonyl (C=O) groups is 2. The van der Waals surface area contributed by atoms with Gasteiger partial charge >= 0.3 is 5.97 Å². The fraction of sp³-hybridized carbons (Fsp3) is 0.417. The minimum absolute atomic E-state index is 0.0540. The molecule has 2 aromatic carbocycles. The quantitative estimate of drug-likeness (QED) is 0.661. The van der Waals surface area contributed by atoms with E-state index in [1.54, 1.807) is 12.1 Å². The fourth-order valence-electron chi connectivity index (χ4n) is 4.92. The third-order valence-corrected chi connectivity index (χ3v) is 8.47. The van der Waals surface area contributed by atoms with Gasteiger partial charge in [-0.3, -0.25) is 9.69 Å². The second kappa shape index (κ2) is 8.33. The molecule has 0 saturated carbocycles. The SMILES string of the molecule is O=C1OC(c2ccccc2)Cc2cc(C(=O)N3CCN(C4CCS(=O)(=O)C4)CC3)ccc21. The molecule has 2 fully saturated rings. The van der Waals surface area contributed by atoms with Gasteiger partial charge in [-0.25, -0.2) is 13.2 Å². The van der Waals surface area contributed by atoms with Gasteiger partial charge in [-0.2, -0.15) is 0 Å². The molecule has 1 amide bonds. The number of nitrogens with zero attached hydrogens (tertiary/aromatic N) is 2. The maximum atomic E-state index is 13.1. The third kappa shape index (κ3) is 4.17. The number of benzene rings is 2. The van der Waals surface area contributed by atoms with Crippen LogP contribution >= 0.6 is 0 Å². The van der Waals surface area contributed by atoms with Crippen LogP contribution in [-0.2, 0) is 21.0 Å². The summed E-state index contributed by atoms with van der Waals surface area (Å²) in [6.07, 6.45) is 0.864. The maximum Gasteiger partial charge on any atom is 0.339 e. The summed E-state index contributed by atoms with van der Waals surface area (Å²) in [5.74, 6) is 0.0731. The van der Waals surface area contributed by atoms with Gasteiger partial charge in [-0.05, 0) is 35.7 Å². The van der Waals surface area contributed by atoms with Crippen LogP contribution in [0.4, 0.5) is 0 Å². The van der Waals surface area contributed by atoms with Crippen LogP contribution in [0.5, 0.6) is 0 Å². The molecule has 0 N–H and O–H groups in total. The van der Waals surface area contributed by atoms with Crippen LogP contribution in [0.15, 0.2) is 48.5 Å². The number of piperazine rings is 1. The number of hydrogen-bond donors (Lipinski definition) is 0. The molecule has 0 spiro atoms. The minimum Gasteiger partial charge on any atom is -0.454 e. The third-order valence-electron chi connectivity index (χ3n) is 6.72. The van der Waals surface area contributed by atoms with Crippen molar-refractivity contribution in [1.82, 2.24) is 9.80 Å².